The van der Waals surface area contributed by atoms with Crippen LogP contribution in [0.25, 0.3) is 0 Å². The third-order valence-corrected chi connectivity index (χ3v) is 3.42. The Hall–Kier alpha value is -1.88. The highest BCUT2D eigenvalue weighted by Gasteiger charge is 2.31. The Morgan fingerprint density at radius 1 is 1.40 bits per heavy atom. The summed E-state index contributed by atoms with van der Waals surface area (Å²) >= 11 is 0. The van der Waals surface area contributed by atoms with Crippen molar-refractivity contribution in [3.8, 4) is 0 Å². The number of anilines is 1. The van der Waals surface area contributed by atoms with Gasteiger partial charge in [-0.25, -0.2) is 0 Å². The summed E-state index contributed by atoms with van der Waals surface area (Å²) in [5.74, 6) is -0.416. The van der Waals surface area contributed by atoms with Crippen LogP contribution in [0.2, 0.25) is 0 Å². The van der Waals surface area contributed by atoms with Crippen LogP contribution in [0, 0.1) is 0 Å². The van der Waals surface area contributed by atoms with E-state index in [1.807, 2.05) is 31.2 Å². The molecule has 0 spiro atoms. The smallest absolute Gasteiger partial charge is 0.236 e. The van der Waals surface area contributed by atoms with E-state index in [2.05, 4.69) is 5.32 Å². The Morgan fingerprint density at radius 3 is 2.90 bits per heavy atom. The maximum atomic E-state index is 12.3. The van der Waals surface area contributed by atoms with E-state index >= 15 is 0 Å². The molecule has 1 heterocycles. The van der Waals surface area contributed by atoms with Crippen LogP contribution < -0.4 is 10.2 Å². The number of nitrogens with zero attached hydrogens (tertiary/aromatic N) is 1. The highest BCUT2D eigenvalue weighted by atomic mass is 16.5. The number of fused-ring (bicyclic) bond motifs is 1. The Morgan fingerprint density at radius 2 is 2.15 bits per heavy atom. The SMILES string of the molecule is COCCNC(=O)CC(=O)N1c2ccccc2CC1C. The maximum absolute atomic E-state index is 12.3. The number of rotatable bonds is 5. The first kappa shape index (κ1) is 14.5. The van der Waals surface area contributed by atoms with E-state index in [4.69, 9.17) is 4.74 Å². The summed E-state index contributed by atoms with van der Waals surface area (Å²) in [7, 11) is 1.57. The van der Waals surface area contributed by atoms with Gasteiger partial charge in [-0.15, -0.1) is 0 Å². The quantitative estimate of drug-likeness (QED) is 0.647. The van der Waals surface area contributed by atoms with Gasteiger partial charge in [0.2, 0.25) is 11.8 Å². The molecule has 108 valence electrons. The lowest BCUT2D eigenvalue weighted by Crippen LogP contribution is -2.39. The second-order valence-electron chi connectivity index (χ2n) is 4.97. The van der Waals surface area contributed by atoms with Crippen LogP contribution in [-0.2, 0) is 20.7 Å². The van der Waals surface area contributed by atoms with Crippen molar-refractivity contribution in [1.82, 2.24) is 5.32 Å². The van der Waals surface area contributed by atoms with Crippen LogP contribution in [0.5, 0.6) is 0 Å². The van der Waals surface area contributed by atoms with E-state index in [-0.39, 0.29) is 24.3 Å². The molecule has 0 aliphatic carbocycles. The summed E-state index contributed by atoms with van der Waals surface area (Å²) in [4.78, 5) is 25.7. The zero-order valence-corrected chi connectivity index (χ0v) is 11.9. The molecule has 0 aromatic heterocycles. The van der Waals surface area contributed by atoms with Crippen molar-refractivity contribution in [2.24, 2.45) is 0 Å². The molecule has 0 bridgehead atoms. The summed E-state index contributed by atoms with van der Waals surface area (Å²) < 4.78 is 4.85. The molecule has 5 heteroatoms. The predicted octanol–water partition coefficient (Wildman–Crippen LogP) is 1.12. The van der Waals surface area contributed by atoms with Crippen LogP contribution in [0.1, 0.15) is 18.9 Å². The fraction of sp³-hybridized carbons (Fsp3) is 0.467. The summed E-state index contributed by atoms with van der Waals surface area (Å²) in [5.41, 5.74) is 2.09. The monoisotopic (exact) mass is 276 g/mol. The van der Waals surface area contributed by atoms with Gasteiger partial charge in [0.25, 0.3) is 0 Å². The summed E-state index contributed by atoms with van der Waals surface area (Å²) in [5, 5.41) is 2.67. The van der Waals surface area contributed by atoms with Gasteiger partial charge in [-0.05, 0) is 25.0 Å². The van der Waals surface area contributed by atoms with Gasteiger partial charge >= 0.3 is 0 Å². The van der Waals surface area contributed by atoms with Crippen molar-refractivity contribution in [2.75, 3.05) is 25.2 Å². The van der Waals surface area contributed by atoms with Gasteiger partial charge in [0.05, 0.1) is 6.61 Å². The number of methoxy groups -OCH3 is 1. The first-order valence-corrected chi connectivity index (χ1v) is 6.79. The number of ether oxygens (including phenoxy) is 1. The van der Waals surface area contributed by atoms with Crippen molar-refractivity contribution in [2.45, 2.75) is 25.8 Å². The molecule has 1 atom stereocenters. The summed E-state index contributed by atoms with van der Waals surface area (Å²) in [6.07, 6.45) is 0.718. The molecule has 1 aromatic rings. The molecule has 1 N–H and O–H groups in total. The lowest BCUT2D eigenvalue weighted by atomic mass is 10.1. The van der Waals surface area contributed by atoms with Crippen molar-refractivity contribution >= 4 is 17.5 Å². The van der Waals surface area contributed by atoms with Crippen LogP contribution in [0.4, 0.5) is 5.69 Å². The highest BCUT2D eigenvalue weighted by Crippen LogP contribution is 2.32. The number of carbonyl (C=O) groups is 2. The molecule has 0 saturated heterocycles. The van der Waals surface area contributed by atoms with Gasteiger partial charge in [-0.1, -0.05) is 18.2 Å². The lowest BCUT2D eigenvalue weighted by molar-refractivity contribution is -0.128. The molecule has 1 unspecified atom stereocenters. The molecule has 1 aromatic carbocycles. The van der Waals surface area contributed by atoms with Gasteiger partial charge in [-0.3, -0.25) is 9.59 Å². The predicted molar refractivity (Wildman–Crippen MR) is 76.6 cm³/mol. The maximum Gasteiger partial charge on any atom is 0.236 e. The van der Waals surface area contributed by atoms with Crippen LogP contribution in [-0.4, -0.2) is 38.1 Å². The third kappa shape index (κ3) is 3.17. The molecular weight excluding hydrogens is 256 g/mol. The number of amides is 2. The van der Waals surface area contributed by atoms with E-state index in [1.165, 1.54) is 0 Å². The highest BCUT2D eigenvalue weighted by molar-refractivity contribution is 6.06. The van der Waals surface area contributed by atoms with Gasteiger partial charge in [0.1, 0.15) is 6.42 Å². The third-order valence-electron chi connectivity index (χ3n) is 3.42. The second kappa shape index (κ2) is 6.52. The number of hydrogen-bond acceptors (Lipinski definition) is 3. The molecule has 1 aliphatic rings. The van der Waals surface area contributed by atoms with E-state index in [0.29, 0.717) is 13.2 Å². The molecule has 20 heavy (non-hydrogen) atoms. The standard InChI is InChI=1S/C15H20N2O3/c1-11-9-12-5-3-4-6-13(12)17(11)15(19)10-14(18)16-7-8-20-2/h3-6,11H,7-10H2,1-2H3,(H,16,18). The van der Waals surface area contributed by atoms with E-state index in [1.54, 1.807) is 12.0 Å². The molecule has 5 nitrogen and oxygen atoms in total. The van der Waals surface area contributed by atoms with Crippen molar-refractivity contribution < 1.29 is 14.3 Å². The largest absolute Gasteiger partial charge is 0.383 e. The van der Waals surface area contributed by atoms with Crippen molar-refractivity contribution in [3.63, 3.8) is 0 Å². The summed E-state index contributed by atoms with van der Waals surface area (Å²) in [6, 6.07) is 7.94. The zero-order chi connectivity index (χ0) is 14.5. The van der Waals surface area contributed by atoms with E-state index < -0.39 is 0 Å². The molecule has 0 fully saturated rings. The van der Waals surface area contributed by atoms with Crippen LogP contribution in [0.15, 0.2) is 24.3 Å². The van der Waals surface area contributed by atoms with Gasteiger partial charge in [0, 0.05) is 25.4 Å². The normalized spacial score (nSPS) is 16.9. The Kier molecular flexibility index (Phi) is 4.74. The molecule has 2 amide bonds. The molecule has 0 radical (unpaired) electrons. The minimum absolute atomic E-state index is 0.103. The number of para-hydroxylation sites is 1. The fourth-order valence-electron chi connectivity index (χ4n) is 2.52. The number of hydrogen-bond donors (Lipinski definition) is 1. The number of nitrogens with one attached hydrogen (secondary N) is 1. The minimum Gasteiger partial charge on any atom is -0.383 e. The molecule has 0 saturated carbocycles. The Bertz CT molecular complexity index is 502. The zero-order valence-electron chi connectivity index (χ0n) is 11.9. The fourth-order valence-corrected chi connectivity index (χ4v) is 2.52. The Labute approximate surface area is 118 Å². The minimum atomic E-state index is -0.261. The first-order chi connectivity index (χ1) is 9.63. The first-order valence-electron chi connectivity index (χ1n) is 6.79. The molecule has 2 rings (SSSR count). The average Bonchev–Trinajstić information content (AvgIpc) is 2.74. The molecule has 1 aliphatic heterocycles. The average molecular weight is 276 g/mol. The van der Waals surface area contributed by atoms with Gasteiger partial charge in [0.15, 0.2) is 0 Å². The van der Waals surface area contributed by atoms with Crippen molar-refractivity contribution in [3.05, 3.63) is 29.8 Å². The number of carbonyl (C=O) groups excluding carboxylic acids is 2. The molecular formula is C15H20N2O3. The van der Waals surface area contributed by atoms with E-state index in [0.717, 1.165) is 17.7 Å². The van der Waals surface area contributed by atoms with Crippen LogP contribution in [0.3, 0.4) is 0 Å². The lowest BCUT2D eigenvalue weighted by Gasteiger charge is -2.22. The van der Waals surface area contributed by atoms with Gasteiger partial charge < -0.3 is 15.0 Å². The summed E-state index contributed by atoms with van der Waals surface area (Å²) in [6.45, 7) is 2.87. The Balaban J connectivity index is 1.97. The van der Waals surface area contributed by atoms with E-state index in [9.17, 15) is 9.59 Å². The van der Waals surface area contributed by atoms with Crippen LogP contribution >= 0.6 is 0 Å². The second-order valence-corrected chi connectivity index (χ2v) is 4.97. The van der Waals surface area contributed by atoms with Crippen molar-refractivity contribution in [1.29, 1.82) is 0 Å². The van der Waals surface area contributed by atoms with Gasteiger partial charge in [-0.2, -0.15) is 0 Å². The number of benzene rings is 1. The topological polar surface area (TPSA) is 58.6 Å².